The van der Waals surface area contributed by atoms with Crippen molar-refractivity contribution < 1.29 is 18.7 Å². The van der Waals surface area contributed by atoms with E-state index < -0.39 is 0 Å². The van der Waals surface area contributed by atoms with Crippen molar-refractivity contribution >= 4 is 17.7 Å². The number of rotatable bonds is 10. The van der Waals surface area contributed by atoms with Crippen LogP contribution < -0.4 is 4.90 Å². The SMILES string of the molecule is COC(=O)CCCC1(CCN2CCC(N(C(=O)c3ccco3)c3ccc(C)cn3)CC2)CCCCC1. The summed E-state index contributed by atoms with van der Waals surface area (Å²) < 4.78 is 10.3. The van der Waals surface area contributed by atoms with Gasteiger partial charge in [0.25, 0.3) is 5.91 Å². The number of piperidine rings is 1. The van der Waals surface area contributed by atoms with E-state index in [1.807, 2.05) is 30.2 Å². The van der Waals surface area contributed by atoms with Crippen molar-refractivity contribution in [1.29, 1.82) is 0 Å². The second kappa shape index (κ2) is 12.5. The van der Waals surface area contributed by atoms with Gasteiger partial charge in [0.05, 0.1) is 13.4 Å². The molecule has 0 spiro atoms. The fraction of sp³-hybridized carbons (Fsp3) is 0.621. The van der Waals surface area contributed by atoms with Gasteiger partial charge >= 0.3 is 5.97 Å². The molecular weight excluding hydrogens is 454 g/mol. The van der Waals surface area contributed by atoms with Crippen molar-refractivity contribution in [2.24, 2.45) is 5.41 Å². The van der Waals surface area contributed by atoms with Crippen molar-refractivity contribution in [2.75, 3.05) is 31.6 Å². The molecule has 36 heavy (non-hydrogen) atoms. The van der Waals surface area contributed by atoms with Crippen LogP contribution in [-0.4, -0.2) is 54.5 Å². The molecule has 2 fully saturated rings. The monoisotopic (exact) mass is 495 g/mol. The van der Waals surface area contributed by atoms with Crippen LogP contribution in [0.4, 0.5) is 5.82 Å². The third kappa shape index (κ3) is 6.75. The van der Waals surface area contributed by atoms with E-state index >= 15 is 0 Å². The van der Waals surface area contributed by atoms with Gasteiger partial charge in [0.2, 0.25) is 0 Å². The van der Waals surface area contributed by atoms with E-state index in [9.17, 15) is 9.59 Å². The summed E-state index contributed by atoms with van der Waals surface area (Å²) >= 11 is 0. The number of hydrogen-bond donors (Lipinski definition) is 0. The van der Waals surface area contributed by atoms with Gasteiger partial charge in [-0.05, 0) is 87.6 Å². The molecule has 1 aliphatic heterocycles. The van der Waals surface area contributed by atoms with Crippen molar-refractivity contribution in [3.8, 4) is 0 Å². The van der Waals surface area contributed by atoms with Crippen molar-refractivity contribution in [3.05, 3.63) is 48.0 Å². The maximum Gasteiger partial charge on any atom is 0.305 e. The van der Waals surface area contributed by atoms with Crippen LogP contribution in [0.5, 0.6) is 0 Å². The lowest BCUT2D eigenvalue weighted by Gasteiger charge is -2.41. The lowest BCUT2D eigenvalue weighted by molar-refractivity contribution is -0.140. The first-order valence-electron chi connectivity index (χ1n) is 13.6. The first-order chi connectivity index (χ1) is 17.5. The molecule has 0 bridgehead atoms. The van der Waals surface area contributed by atoms with Crippen LogP contribution in [0.3, 0.4) is 0 Å². The van der Waals surface area contributed by atoms with Gasteiger partial charge in [-0.25, -0.2) is 4.98 Å². The number of likely N-dealkylation sites (tertiary alicyclic amines) is 1. The Morgan fingerprint density at radius 1 is 1.14 bits per heavy atom. The maximum absolute atomic E-state index is 13.4. The van der Waals surface area contributed by atoms with Crippen LogP contribution in [0.15, 0.2) is 41.1 Å². The Hall–Kier alpha value is -2.67. The standard InChI is InChI=1S/C29H41N3O4/c1-23-10-11-26(30-22-23)32(28(34)25-8-7-21-36-25)24-12-18-31(19-13-24)20-17-29(14-4-3-5-15-29)16-6-9-27(33)35-2/h7-8,10-11,21-22,24H,3-6,9,12-20H2,1-2H3. The Kier molecular flexibility index (Phi) is 9.19. The Labute approximate surface area is 215 Å². The summed E-state index contributed by atoms with van der Waals surface area (Å²) in [6, 6.07) is 7.51. The zero-order chi connectivity index (χ0) is 25.4. The number of esters is 1. The minimum Gasteiger partial charge on any atom is -0.469 e. The largest absolute Gasteiger partial charge is 0.469 e. The predicted molar refractivity (Wildman–Crippen MR) is 140 cm³/mol. The van der Waals surface area contributed by atoms with Crippen molar-refractivity contribution in [2.45, 2.75) is 83.6 Å². The molecule has 0 aromatic carbocycles. The van der Waals surface area contributed by atoms with Crippen molar-refractivity contribution in [3.63, 3.8) is 0 Å². The average molecular weight is 496 g/mol. The molecule has 4 rings (SSSR count). The number of pyridine rings is 1. The summed E-state index contributed by atoms with van der Waals surface area (Å²) in [6.45, 7) is 5.02. The van der Waals surface area contributed by atoms with E-state index in [1.165, 1.54) is 45.6 Å². The van der Waals surface area contributed by atoms with Gasteiger partial charge in [0.15, 0.2) is 5.76 Å². The number of carbonyl (C=O) groups is 2. The fourth-order valence-electron chi connectivity index (χ4n) is 6.01. The molecule has 7 heteroatoms. The Morgan fingerprint density at radius 3 is 2.56 bits per heavy atom. The molecule has 2 aromatic rings. The maximum atomic E-state index is 13.4. The average Bonchev–Trinajstić information content (AvgIpc) is 3.45. The molecule has 2 aromatic heterocycles. The minimum absolute atomic E-state index is 0.0951. The van der Waals surface area contributed by atoms with E-state index in [4.69, 9.17) is 9.15 Å². The molecule has 3 heterocycles. The first-order valence-corrected chi connectivity index (χ1v) is 13.6. The number of anilines is 1. The molecule has 1 amide bonds. The number of amides is 1. The minimum atomic E-state index is -0.124. The van der Waals surface area contributed by atoms with E-state index in [-0.39, 0.29) is 17.9 Å². The molecular formula is C29H41N3O4. The number of aromatic nitrogens is 1. The van der Waals surface area contributed by atoms with Gasteiger partial charge < -0.3 is 14.1 Å². The topological polar surface area (TPSA) is 75.9 Å². The summed E-state index contributed by atoms with van der Waals surface area (Å²) in [7, 11) is 1.47. The lowest BCUT2D eigenvalue weighted by atomic mass is 9.68. The first kappa shape index (κ1) is 26.4. The van der Waals surface area contributed by atoms with Crippen LogP contribution in [0, 0.1) is 12.3 Å². The molecule has 0 unspecified atom stereocenters. The molecule has 0 atom stereocenters. The number of nitrogens with zero attached hydrogens (tertiary/aromatic N) is 3. The summed E-state index contributed by atoms with van der Waals surface area (Å²) in [6.07, 6.45) is 15.4. The quantitative estimate of drug-likeness (QED) is 0.389. The highest BCUT2D eigenvalue weighted by molar-refractivity contribution is 6.04. The van der Waals surface area contributed by atoms with Crippen LogP contribution >= 0.6 is 0 Å². The second-order valence-electron chi connectivity index (χ2n) is 10.7. The molecule has 0 N–H and O–H groups in total. The summed E-state index contributed by atoms with van der Waals surface area (Å²) in [4.78, 5) is 34.0. The number of hydrogen-bond acceptors (Lipinski definition) is 6. The normalized spacial score (nSPS) is 18.6. The smallest absolute Gasteiger partial charge is 0.305 e. The summed E-state index contributed by atoms with van der Waals surface area (Å²) in [5, 5.41) is 0. The molecule has 196 valence electrons. The van der Waals surface area contributed by atoms with E-state index in [2.05, 4.69) is 9.88 Å². The third-order valence-electron chi connectivity index (χ3n) is 8.20. The molecule has 1 saturated carbocycles. The van der Waals surface area contributed by atoms with E-state index in [0.29, 0.717) is 23.4 Å². The van der Waals surface area contributed by atoms with Gasteiger partial charge in [0.1, 0.15) is 5.82 Å². The number of carbonyl (C=O) groups excluding carboxylic acids is 2. The van der Waals surface area contributed by atoms with E-state index in [1.54, 1.807) is 18.4 Å². The summed E-state index contributed by atoms with van der Waals surface area (Å²) in [5.41, 5.74) is 1.43. The van der Waals surface area contributed by atoms with Gasteiger partial charge in [-0.1, -0.05) is 25.3 Å². The highest BCUT2D eigenvalue weighted by Gasteiger charge is 2.35. The number of furan rings is 1. The second-order valence-corrected chi connectivity index (χ2v) is 10.7. The number of aryl methyl sites for hydroxylation is 1. The van der Waals surface area contributed by atoms with Gasteiger partial charge in [-0.3, -0.25) is 14.5 Å². The number of ether oxygens (including phenoxy) is 1. The van der Waals surface area contributed by atoms with Crippen LogP contribution in [0.2, 0.25) is 0 Å². The van der Waals surface area contributed by atoms with Crippen LogP contribution in [-0.2, 0) is 9.53 Å². The van der Waals surface area contributed by atoms with Gasteiger partial charge in [0, 0.05) is 31.7 Å². The molecule has 1 saturated heterocycles. The Morgan fingerprint density at radius 2 is 1.92 bits per heavy atom. The third-order valence-corrected chi connectivity index (χ3v) is 8.20. The van der Waals surface area contributed by atoms with Gasteiger partial charge in [-0.2, -0.15) is 0 Å². The highest BCUT2D eigenvalue weighted by Crippen LogP contribution is 2.43. The van der Waals surface area contributed by atoms with E-state index in [0.717, 1.165) is 50.9 Å². The van der Waals surface area contributed by atoms with Gasteiger partial charge in [-0.15, -0.1) is 0 Å². The summed E-state index contributed by atoms with van der Waals surface area (Å²) in [5.74, 6) is 0.819. The van der Waals surface area contributed by atoms with Crippen LogP contribution in [0.1, 0.15) is 86.7 Å². The fourth-order valence-corrected chi connectivity index (χ4v) is 6.01. The predicted octanol–water partition coefficient (Wildman–Crippen LogP) is 5.78. The number of methoxy groups -OCH3 is 1. The zero-order valence-electron chi connectivity index (χ0n) is 21.9. The zero-order valence-corrected chi connectivity index (χ0v) is 21.9. The molecule has 2 aliphatic rings. The lowest BCUT2D eigenvalue weighted by Crippen LogP contribution is -2.48. The molecule has 7 nitrogen and oxygen atoms in total. The van der Waals surface area contributed by atoms with Crippen molar-refractivity contribution in [1.82, 2.24) is 9.88 Å². The Bertz CT molecular complexity index is 959. The Balaban J connectivity index is 1.35. The molecule has 0 radical (unpaired) electrons. The van der Waals surface area contributed by atoms with Crippen LogP contribution in [0.25, 0.3) is 0 Å². The molecule has 1 aliphatic carbocycles. The highest BCUT2D eigenvalue weighted by atomic mass is 16.5.